The van der Waals surface area contributed by atoms with Crippen LogP contribution < -0.4 is 0 Å². The van der Waals surface area contributed by atoms with Crippen molar-refractivity contribution in [2.75, 3.05) is 0 Å². The molecule has 0 saturated heterocycles. The molecule has 1 N–H and O–H groups in total. The van der Waals surface area contributed by atoms with Crippen LogP contribution in [0.5, 0.6) is 0 Å². The van der Waals surface area contributed by atoms with Crippen molar-refractivity contribution in [1.29, 1.82) is 0 Å². The zero-order chi connectivity index (χ0) is 14.0. The lowest BCUT2D eigenvalue weighted by molar-refractivity contribution is -0.147. The van der Waals surface area contributed by atoms with Crippen LogP contribution in [0.2, 0.25) is 0 Å². The predicted molar refractivity (Wildman–Crippen MR) is 64.6 cm³/mol. The van der Waals surface area contributed by atoms with E-state index in [0.717, 1.165) is 0 Å². The number of aliphatic carboxylic acids is 1. The van der Waals surface area contributed by atoms with E-state index in [9.17, 15) is 9.18 Å². The average Bonchev–Trinajstić information content (AvgIpc) is 2.77. The molecule has 1 aromatic heterocycles. The average molecular weight is 264 g/mol. The first-order chi connectivity index (χ1) is 8.92. The summed E-state index contributed by atoms with van der Waals surface area (Å²) in [4.78, 5) is 11.1. The lowest BCUT2D eigenvalue weighted by Gasteiger charge is -2.19. The van der Waals surface area contributed by atoms with Crippen LogP contribution in [0.4, 0.5) is 4.39 Å². The lowest BCUT2D eigenvalue weighted by Crippen LogP contribution is -2.30. The molecule has 1 aromatic carbocycles. The third kappa shape index (κ3) is 2.59. The molecule has 19 heavy (non-hydrogen) atoms. The van der Waals surface area contributed by atoms with Gasteiger partial charge in [0, 0.05) is 0 Å². The van der Waals surface area contributed by atoms with Crippen LogP contribution in [0.1, 0.15) is 13.8 Å². The van der Waals surface area contributed by atoms with Gasteiger partial charge in [0.1, 0.15) is 5.82 Å². The van der Waals surface area contributed by atoms with Crippen LogP contribution in [0.15, 0.2) is 24.3 Å². The van der Waals surface area contributed by atoms with Crippen LogP contribution in [0.3, 0.4) is 0 Å². The summed E-state index contributed by atoms with van der Waals surface area (Å²) >= 11 is 0. The fourth-order valence-corrected chi connectivity index (χ4v) is 1.59. The number of rotatable bonds is 4. The smallest absolute Gasteiger partial charge is 0.310 e. The minimum Gasteiger partial charge on any atom is -0.481 e. The van der Waals surface area contributed by atoms with Gasteiger partial charge in [0.2, 0.25) is 0 Å². The first-order valence-electron chi connectivity index (χ1n) is 5.66. The number of aromatic nitrogens is 4. The molecule has 0 atom stereocenters. The summed E-state index contributed by atoms with van der Waals surface area (Å²) in [5.74, 6) is -1.21. The van der Waals surface area contributed by atoms with Crippen molar-refractivity contribution in [2.24, 2.45) is 5.41 Å². The molecule has 0 saturated carbocycles. The van der Waals surface area contributed by atoms with Crippen molar-refractivity contribution in [3.05, 3.63) is 30.1 Å². The second kappa shape index (κ2) is 4.75. The van der Waals surface area contributed by atoms with Crippen LogP contribution in [0.25, 0.3) is 11.4 Å². The van der Waals surface area contributed by atoms with Crippen molar-refractivity contribution in [3.63, 3.8) is 0 Å². The maximum atomic E-state index is 13.7. The number of carboxylic acid groups (broad SMARTS) is 1. The van der Waals surface area contributed by atoms with Gasteiger partial charge in [-0.05, 0) is 36.4 Å². The fraction of sp³-hybridized carbons (Fsp3) is 0.333. The first-order valence-corrected chi connectivity index (χ1v) is 5.66. The second-order valence-electron chi connectivity index (χ2n) is 4.83. The number of tetrazole rings is 1. The third-order valence-electron chi connectivity index (χ3n) is 2.77. The van der Waals surface area contributed by atoms with E-state index in [-0.39, 0.29) is 17.9 Å². The zero-order valence-corrected chi connectivity index (χ0v) is 10.5. The minimum atomic E-state index is -1.05. The largest absolute Gasteiger partial charge is 0.481 e. The fourth-order valence-electron chi connectivity index (χ4n) is 1.59. The molecule has 2 rings (SSSR count). The number of nitrogens with zero attached hydrogens (tertiary/aromatic N) is 4. The number of hydrogen-bond donors (Lipinski definition) is 1. The highest BCUT2D eigenvalue weighted by atomic mass is 19.1. The molecular weight excluding hydrogens is 251 g/mol. The number of carbonyl (C=O) groups is 1. The molecule has 100 valence electrons. The molecule has 0 unspecified atom stereocenters. The van der Waals surface area contributed by atoms with E-state index < -0.39 is 17.2 Å². The Kier molecular flexibility index (Phi) is 3.28. The van der Waals surface area contributed by atoms with E-state index in [2.05, 4.69) is 15.5 Å². The Morgan fingerprint density at radius 3 is 2.74 bits per heavy atom. The van der Waals surface area contributed by atoms with Crippen molar-refractivity contribution in [3.8, 4) is 11.4 Å². The number of benzene rings is 1. The number of hydrogen-bond acceptors (Lipinski definition) is 4. The summed E-state index contributed by atoms with van der Waals surface area (Å²) < 4.78 is 15.0. The predicted octanol–water partition coefficient (Wildman–Crippen LogP) is 1.59. The van der Waals surface area contributed by atoms with Crippen LogP contribution >= 0.6 is 0 Å². The van der Waals surface area contributed by atoms with Gasteiger partial charge in [0.15, 0.2) is 5.82 Å². The van der Waals surface area contributed by atoms with Crippen LogP contribution in [-0.2, 0) is 11.3 Å². The quantitative estimate of drug-likeness (QED) is 0.906. The molecule has 0 fully saturated rings. The molecule has 0 aliphatic carbocycles. The van der Waals surface area contributed by atoms with Crippen molar-refractivity contribution in [1.82, 2.24) is 20.2 Å². The monoisotopic (exact) mass is 264 g/mol. The Labute approximate surface area is 108 Å². The number of carboxylic acids is 1. The van der Waals surface area contributed by atoms with Gasteiger partial charge in [-0.3, -0.25) is 4.79 Å². The van der Waals surface area contributed by atoms with Crippen molar-refractivity contribution < 1.29 is 14.3 Å². The molecule has 0 aliphatic heterocycles. The maximum Gasteiger partial charge on any atom is 0.310 e. The Morgan fingerprint density at radius 2 is 2.11 bits per heavy atom. The molecule has 0 radical (unpaired) electrons. The molecule has 0 aliphatic rings. The van der Waals surface area contributed by atoms with Crippen molar-refractivity contribution in [2.45, 2.75) is 20.4 Å². The summed E-state index contributed by atoms with van der Waals surface area (Å²) in [6, 6.07) is 6.08. The lowest BCUT2D eigenvalue weighted by atomic mass is 9.94. The molecular formula is C12H13FN4O2. The molecule has 0 bridgehead atoms. The van der Waals surface area contributed by atoms with E-state index in [0.29, 0.717) is 0 Å². The Hall–Kier alpha value is -2.31. The number of halogens is 1. The highest BCUT2D eigenvalue weighted by Gasteiger charge is 2.30. The van der Waals surface area contributed by atoms with E-state index >= 15 is 0 Å². The van der Waals surface area contributed by atoms with Gasteiger partial charge in [-0.25, -0.2) is 9.07 Å². The Bertz CT molecular complexity index is 609. The van der Waals surface area contributed by atoms with Gasteiger partial charge in [0.05, 0.1) is 17.5 Å². The molecule has 6 nitrogen and oxygen atoms in total. The molecule has 2 aromatic rings. The first kappa shape index (κ1) is 13.1. The van der Waals surface area contributed by atoms with Gasteiger partial charge in [-0.2, -0.15) is 0 Å². The van der Waals surface area contributed by atoms with Gasteiger partial charge >= 0.3 is 5.97 Å². The second-order valence-corrected chi connectivity index (χ2v) is 4.83. The molecule has 0 amide bonds. The van der Waals surface area contributed by atoms with E-state index in [1.54, 1.807) is 32.0 Å². The normalized spacial score (nSPS) is 11.5. The summed E-state index contributed by atoms with van der Waals surface area (Å²) in [7, 11) is 0. The summed E-state index contributed by atoms with van der Waals surface area (Å²) in [5.41, 5.74) is -0.802. The highest BCUT2D eigenvalue weighted by molar-refractivity contribution is 5.73. The van der Waals surface area contributed by atoms with Crippen LogP contribution in [-0.4, -0.2) is 31.3 Å². The van der Waals surface area contributed by atoms with E-state index in [1.165, 1.54) is 10.7 Å². The minimum absolute atomic E-state index is 0.0546. The van der Waals surface area contributed by atoms with E-state index in [1.807, 2.05) is 0 Å². The Morgan fingerprint density at radius 1 is 1.42 bits per heavy atom. The van der Waals surface area contributed by atoms with Crippen molar-refractivity contribution >= 4 is 5.97 Å². The summed E-state index contributed by atoms with van der Waals surface area (Å²) in [6.07, 6.45) is 0. The standard InChI is InChI=1S/C12H13FN4O2/c1-12(2,11(18)19)7-17-10(14-15-16-17)8-5-3-4-6-9(8)13/h3-6H,7H2,1-2H3,(H,18,19). The highest BCUT2D eigenvalue weighted by Crippen LogP contribution is 2.23. The SMILES string of the molecule is CC(C)(Cn1nnnc1-c1ccccc1F)C(=O)O. The van der Waals surface area contributed by atoms with Crippen LogP contribution in [0, 0.1) is 11.2 Å². The van der Waals surface area contributed by atoms with E-state index in [4.69, 9.17) is 5.11 Å². The third-order valence-corrected chi connectivity index (χ3v) is 2.77. The summed E-state index contributed by atoms with van der Waals surface area (Å²) in [5, 5.41) is 20.1. The molecule has 0 spiro atoms. The van der Waals surface area contributed by atoms with Gasteiger partial charge in [-0.1, -0.05) is 12.1 Å². The van der Waals surface area contributed by atoms with Gasteiger partial charge in [-0.15, -0.1) is 5.10 Å². The zero-order valence-electron chi connectivity index (χ0n) is 10.5. The molecule has 1 heterocycles. The molecule has 7 heteroatoms. The van der Waals surface area contributed by atoms with Gasteiger partial charge in [0.25, 0.3) is 0 Å². The summed E-state index contributed by atoms with van der Waals surface area (Å²) in [6.45, 7) is 3.17. The Balaban J connectivity index is 2.39. The van der Waals surface area contributed by atoms with Gasteiger partial charge < -0.3 is 5.11 Å². The topological polar surface area (TPSA) is 80.9 Å². The maximum absolute atomic E-state index is 13.7.